The summed E-state index contributed by atoms with van der Waals surface area (Å²) in [6.45, 7) is 0.321. The van der Waals surface area contributed by atoms with Crippen LogP contribution in [0.3, 0.4) is 0 Å². The molecule has 1 atom stereocenters. The summed E-state index contributed by atoms with van der Waals surface area (Å²) in [5, 5.41) is 18.1. The van der Waals surface area contributed by atoms with E-state index in [1.54, 1.807) is 0 Å². The standard InChI is InChI=1S/C7H7NO5/c9-5-1-2-6(10)8(5)13-7(11)4-3-12-4/h1-2,4,9-10H,3H2. The first-order valence-corrected chi connectivity index (χ1v) is 3.62. The lowest BCUT2D eigenvalue weighted by Crippen LogP contribution is -2.23. The van der Waals surface area contributed by atoms with Crippen molar-refractivity contribution >= 4 is 5.97 Å². The zero-order chi connectivity index (χ0) is 9.42. The molecule has 0 bridgehead atoms. The fourth-order valence-corrected chi connectivity index (χ4v) is 0.828. The molecular formula is C7H7NO5. The number of aromatic nitrogens is 1. The number of hydrogen-bond donors (Lipinski definition) is 2. The molecule has 0 radical (unpaired) electrons. The summed E-state index contributed by atoms with van der Waals surface area (Å²) < 4.78 is 5.28. The van der Waals surface area contributed by atoms with Crippen LogP contribution in [0.5, 0.6) is 11.8 Å². The van der Waals surface area contributed by atoms with Gasteiger partial charge in [-0.25, -0.2) is 4.79 Å². The molecule has 13 heavy (non-hydrogen) atoms. The van der Waals surface area contributed by atoms with Crippen molar-refractivity contribution in [1.29, 1.82) is 0 Å². The predicted molar refractivity (Wildman–Crippen MR) is 39.1 cm³/mol. The van der Waals surface area contributed by atoms with E-state index in [4.69, 9.17) is 10.2 Å². The Kier molecular flexibility index (Phi) is 1.63. The van der Waals surface area contributed by atoms with Crippen LogP contribution >= 0.6 is 0 Å². The van der Waals surface area contributed by atoms with E-state index in [2.05, 4.69) is 9.57 Å². The van der Waals surface area contributed by atoms with E-state index in [9.17, 15) is 4.79 Å². The topological polar surface area (TPSA) is 84.2 Å². The highest BCUT2D eigenvalue weighted by Gasteiger charge is 2.34. The molecule has 70 valence electrons. The van der Waals surface area contributed by atoms with Gasteiger partial charge >= 0.3 is 5.97 Å². The van der Waals surface area contributed by atoms with E-state index in [-0.39, 0.29) is 11.8 Å². The Labute approximate surface area is 72.9 Å². The number of carbonyl (C=O) groups excluding carboxylic acids is 1. The number of rotatable bonds is 2. The van der Waals surface area contributed by atoms with Gasteiger partial charge in [0.05, 0.1) is 6.61 Å². The molecule has 1 unspecified atom stereocenters. The molecule has 6 nitrogen and oxygen atoms in total. The van der Waals surface area contributed by atoms with Gasteiger partial charge in [-0.05, 0) is 0 Å². The summed E-state index contributed by atoms with van der Waals surface area (Å²) in [6, 6.07) is 2.41. The van der Waals surface area contributed by atoms with Crippen LogP contribution in [0.4, 0.5) is 0 Å². The van der Waals surface area contributed by atoms with Gasteiger partial charge in [0, 0.05) is 12.1 Å². The van der Waals surface area contributed by atoms with E-state index in [0.29, 0.717) is 11.3 Å². The summed E-state index contributed by atoms with van der Waals surface area (Å²) >= 11 is 0. The van der Waals surface area contributed by atoms with Gasteiger partial charge in [0.2, 0.25) is 11.8 Å². The number of epoxide rings is 1. The molecule has 1 aromatic rings. The summed E-state index contributed by atoms with van der Waals surface area (Å²) in [7, 11) is 0. The molecule has 1 saturated heterocycles. The third-order valence-electron chi connectivity index (χ3n) is 1.58. The van der Waals surface area contributed by atoms with E-state index >= 15 is 0 Å². The maximum atomic E-state index is 11.0. The first-order chi connectivity index (χ1) is 6.18. The maximum absolute atomic E-state index is 11.0. The van der Waals surface area contributed by atoms with E-state index < -0.39 is 12.1 Å². The number of nitrogens with zero attached hydrogens (tertiary/aromatic N) is 1. The summed E-state index contributed by atoms with van der Waals surface area (Å²) in [6.07, 6.45) is -0.568. The molecule has 1 aromatic heterocycles. The van der Waals surface area contributed by atoms with Crippen LogP contribution in [-0.4, -0.2) is 33.6 Å². The van der Waals surface area contributed by atoms with Crippen molar-refractivity contribution in [2.24, 2.45) is 0 Å². The second kappa shape index (κ2) is 2.67. The van der Waals surface area contributed by atoms with E-state index in [1.165, 1.54) is 12.1 Å². The van der Waals surface area contributed by atoms with Crippen molar-refractivity contribution in [2.75, 3.05) is 6.61 Å². The lowest BCUT2D eigenvalue weighted by Gasteiger charge is -2.04. The Hall–Kier alpha value is -1.69. The highest BCUT2D eigenvalue weighted by Crippen LogP contribution is 2.20. The van der Waals surface area contributed by atoms with Crippen molar-refractivity contribution in [2.45, 2.75) is 6.10 Å². The van der Waals surface area contributed by atoms with Crippen LogP contribution in [0.15, 0.2) is 12.1 Å². The zero-order valence-electron chi connectivity index (χ0n) is 6.51. The van der Waals surface area contributed by atoms with Gasteiger partial charge in [0.15, 0.2) is 6.10 Å². The van der Waals surface area contributed by atoms with Crippen LogP contribution in [0, 0.1) is 0 Å². The Morgan fingerprint density at radius 1 is 1.54 bits per heavy atom. The van der Waals surface area contributed by atoms with Gasteiger partial charge in [-0.2, -0.15) is 0 Å². The molecule has 0 saturated carbocycles. The average Bonchev–Trinajstić information content (AvgIpc) is 2.88. The first-order valence-electron chi connectivity index (χ1n) is 3.62. The van der Waals surface area contributed by atoms with Crippen molar-refractivity contribution < 1.29 is 24.6 Å². The third-order valence-corrected chi connectivity index (χ3v) is 1.58. The molecule has 1 aliphatic heterocycles. The summed E-state index contributed by atoms with van der Waals surface area (Å²) in [5.41, 5.74) is 0. The molecule has 2 heterocycles. The van der Waals surface area contributed by atoms with Crippen molar-refractivity contribution in [3.63, 3.8) is 0 Å². The normalized spacial score (nSPS) is 19.8. The minimum atomic E-state index is -0.637. The van der Waals surface area contributed by atoms with Gasteiger partial charge in [0.1, 0.15) is 0 Å². The number of aromatic hydroxyl groups is 2. The fraction of sp³-hybridized carbons (Fsp3) is 0.286. The molecule has 0 aromatic carbocycles. The van der Waals surface area contributed by atoms with Gasteiger partial charge in [-0.1, -0.05) is 0 Å². The van der Waals surface area contributed by atoms with Crippen LogP contribution in [0.2, 0.25) is 0 Å². The SMILES string of the molecule is O=C(On1c(O)ccc1O)C1CO1. The zero-order valence-corrected chi connectivity index (χ0v) is 6.51. The molecule has 0 aliphatic carbocycles. The molecule has 0 amide bonds. The van der Waals surface area contributed by atoms with Gasteiger partial charge < -0.3 is 19.8 Å². The monoisotopic (exact) mass is 185 g/mol. The van der Waals surface area contributed by atoms with Crippen molar-refractivity contribution in [1.82, 2.24) is 4.73 Å². The number of ether oxygens (including phenoxy) is 1. The van der Waals surface area contributed by atoms with Crippen LogP contribution in [0.25, 0.3) is 0 Å². The van der Waals surface area contributed by atoms with Gasteiger partial charge in [-0.15, -0.1) is 4.73 Å². The smallest absolute Gasteiger partial charge is 0.364 e. The number of hydrogen-bond acceptors (Lipinski definition) is 5. The van der Waals surface area contributed by atoms with Crippen molar-refractivity contribution in [3.8, 4) is 11.8 Å². The minimum Gasteiger partial charge on any atom is -0.492 e. The molecule has 1 fully saturated rings. The Balaban J connectivity index is 2.11. The van der Waals surface area contributed by atoms with Gasteiger partial charge in [-0.3, -0.25) is 0 Å². The lowest BCUT2D eigenvalue weighted by atomic mass is 10.5. The van der Waals surface area contributed by atoms with Crippen molar-refractivity contribution in [3.05, 3.63) is 12.1 Å². The Morgan fingerprint density at radius 3 is 2.54 bits per heavy atom. The minimum absolute atomic E-state index is 0.321. The average molecular weight is 185 g/mol. The highest BCUT2D eigenvalue weighted by molar-refractivity contribution is 5.77. The van der Waals surface area contributed by atoms with Crippen LogP contribution < -0.4 is 4.84 Å². The third kappa shape index (κ3) is 1.43. The Bertz CT molecular complexity index is 321. The number of carbonyl (C=O) groups is 1. The lowest BCUT2D eigenvalue weighted by molar-refractivity contribution is -0.146. The molecule has 6 heteroatoms. The highest BCUT2D eigenvalue weighted by atomic mass is 16.7. The maximum Gasteiger partial charge on any atom is 0.364 e. The van der Waals surface area contributed by atoms with E-state index in [1.807, 2.05) is 0 Å². The second-order valence-electron chi connectivity index (χ2n) is 2.58. The van der Waals surface area contributed by atoms with Crippen LogP contribution in [-0.2, 0) is 9.53 Å². The molecule has 1 aliphatic rings. The first kappa shape index (κ1) is 7.93. The summed E-state index contributed by atoms with van der Waals surface area (Å²) in [5.74, 6) is -1.32. The Morgan fingerprint density at radius 2 is 2.08 bits per heavy atom. The van der Waals surface area contributed by atoms with Gasteiger partial charge in [0.25, 0.3) is 0 Å². The summed E-state index contributed by atoms with van der Waals surface area (Å²) in [4.78, 5) is 15.6. The predicted octanol–water partition coefficient (Wildman–Crippen LogP) is -0.747. The molecule has 2 rings (SSSR count). The molecule has 2 N–H and O–H groups in total. The van der Waals surface area contributed by atoms with Crippen LogP contribution in [0.1, 0.15) is 0 Å². The van der Waals surface area contributed by atoms with E-state index in [0.717, 1.165) is 0 Å². The quantitative estimate of drug-likeness (QED) is 0.592. The molecular weight excluding hydrogens is 178 g/mol. The second-order valence-corrected chi connectivity index (χ2v) is 2.58. The molecule has 0 spiro atoms. The largest absolute Gasteiger partial charge is 0.492 e. The fourth-order valence-electron chi connectivity index (χ4n) is 0.828.